The van der Waals surface area contributed by atoms with E-state index in [1.807, 2.05) is 36.4 Å². The normalized spacial score (nSPS) is 11.5. The molecule has 4 heterocycles. The van der Waals surface area contributed by atoms with E-state index in [-0.39, 0.29) is 0 Å². The third-order valence-corrected chi connectivity index (χ3v) is 8.51. The summed E-state index contributed by atoms with van der Waals surface area (Å²) in [6, 6.07) is 49.7. The van der Waals surface area contributed by atoms with E-state index in [0.717, 1.165) is 82.9 Å². The fourth-order valence-electron chi connectivity index (χ4n) is 6.25. The zero-order valence-corrected chi connectivity index (χ0v) is 24.7. The minimum Gasteiger partial charge on any atom is -0.255 e. The molecule has 9 rings (SSSR count). The molecule has 0 unspecified atom stereocenters. The maximum Gasteiger partial charge on any atom is 0.161 e. The number of rotatable bonds is 4. The second-order valence-electron chi connectivity index (χ2n) is 11.3. The molecule has 0 fully saturated rings. The summed E-state index contributed by atoms with van der Waals surface area (Å²) in [5.74, 6) is 0.709. The van der Waals surface area contributed by atoms with E-state index in [1.165, 1.54) is 0 Å². The molecule has 5 heteroatoms. The molecule has 0 aliphatic heterocycles. The molecule has 0 radical (unpaired) electrons. The van der Waals surface area contributed by atoms with Gasteiger partial charge in [0.05, 0.1) is 39.3 Å². The molecule has 9 aromatic rings. The zero-order valence-electron chi connectivity index (χ0n) is 24.7. The van der Waals surface area contributed by atoms with Gasteiger partial charge in [0.2, 0.25) is 0 Å². The van der Waals surface area contributed by atoms with Crippen LogP contribution in [0.25, 0.3) is 88.8 Å². The van der Waals surface area contributed by atoms with Crippen LogP contribution in [0, 0.1) is 0 Å². The Hall–Kier alpha value is -6.33. The summed E-state index contributed by atoms with van der Waals surface area (Å²) >= 11 is 0. The van der Waals surface area contributed by atoms with Crippen LogP contribution in [0.15, 0.2) is 152 Å². The standard InChI is InChI=1S/C41H25N5/c1-2-13-31-26(9-1)10-8-15-32(31)41-45-35-16-4-3-14-33(35)38(46-41)30-12-7-11-29(25-30)34-22-20-27-18-19-28-21-23-37(36-17-5-6-24-42-36)44-40(28)39(27)43-34/h1-25H. The highest BCUT2D eigenvalue weighted by atomic mass is 14.9. The Morgan fingerprint density at radius 2 is 1.07 bits per heavy atom. The van der Waals surface area contributed by atoms with Crippen LogP contribution in [0.4, 0.5) is 0 Å². The van der Waals surface area contributed by atoms with Crippen LogP contribution in [0.1, 0.15) is 0 Å². The van der Waals surface area contributed by atoms with E-state index in [0.29, 0.717) is 5.82 Å². The monoisotopic (exact) mass is 587 g/mol. The predicted molar refractivity (Wildman–Crippen MR) is 187 cm³/mol. The van der Waals surface area contributed by atoms with Crippen LogP contribution in [-0.4, -0.2) is 24.9 Å². The Morgan fingerprint density at radius 3 is 1.91 bits per heavy atom. The SMILES string of the molecule is c1ccc(-c2ccc3ccc4ccc(-c5cccc(-c6nc(-c7cccc8ccccc78)nc7ccccc67)c5)nc4c3n2)nc1. The third kappa shape index (κ3) is 4.45. The number of aromatic nitrogens is 5. The summed E-state index contributed by atoms with van der Waals surface area (Å²) in [6.45, 7) is 0. The molecule has 0 atom stereocenters. The van der Waals surface area contributed by atoms with E-state index in [2.05, 4.69) is 114 Å². The summed E-state index contributed by atoms with van der Waals surface area (Å²) in [6.07, 6.45) is 1.79. The van der Waals surface area contributed by atoms with Gasteiger partial charge in [-0.05, 0) is 47.2 Å². The molecule has 5 nitrogen and oxygen atoms in total. The van der Waals surface area contributed by atoms with Crippen LogP contribution >= 0.6 is 0 Å². The van der Waals surface area contributed by atoms with E-state index in [1.54, 1.807) is 6.20 Å². The molecule has 0 aliphatic rings. The number of hydrogen-bond acceptors (Lipinski definition) is 5. The van der Waals surface area contributed by atoms with Crippen molar-refractivity contribution < 1.29 is 0 Å². The molecule has 0 saturated carbocycles. The first-order chi connectivity index (χ1) is 22.8. The first-order valence-corrected chi connectivity index (χ1v) is 15.3. The second-order valence-corrected chi connectivity index (χ2v) is 11.3. The largest absolute Gasteiger partial charge is 0.255 e. The number of para-hydroxylation sites is 1. The lowest BCUT2D eigenvalue weighted by Crippen LogP contribution is -1.96. The molecule has 0 amide bonds. The van der Waals surface area contributed by atoms with Crippen molar-refractivity contribution in [3.63, 3.8) is 0 Å². The first-order valence-electron chi connectivity index (χ1n) is 15.3. The molecule has 5 aromatic carbocycles. The second kappa shape index (κ2) is 10.7. The molecule has 0 spiro atoms. The van der Waals surface area contributed by atoms with Gasteiger partial charge in [-0.2, -0.15) is 0 Å². The van der Waals surface area contributed by atoms with Crippen molar-refractivity contribution in [2.45, 2.75) is 0 Å². The summed E-state index contributed by atoms with van der Waals surface area (Å²) in [7, 11) is 0. The number of hydrogen-bond donors (Lipinski definition) is 0. The van der Waals surface area contributed by atoms with Gasteiger partial charge < -0.3 is 0 Å². The van der Waals surface area contributed by atoms with Crippen molar-refractivity contribution in [1.82, 2.24) is 24.9 Å². The van der Waals surface area contributed by atoms with E-state index >= 15 is 0 Å². The Morgan fingerprint density at radius 1 is 0.391 bits per heavy atom. The highest BCUT2D eigenvalue weighted by Crippen LogP contribution is 2.34. The van der Waals surface area contributed by atoms with Crippen LogP contribution in [0.5, 0.6) is 0 Å². The van der Waals surface area contributed by atoms with Crippen LogP contribution in [0.3, 0.4) is 0 Å². The third-order valence-electron chi connectivity index (χ3n) is 8.51. The van der Waals surface area contributed by atoms with Crippen LogP contribution in [0.2, 0.25) is 0 Å². The smallest absolute Gasteiger partial charge is 0.161 e. The molecule has 214 valence electrons. The minimum absolute atomic E-state index is 0.709. The molecule has 0 aliphatic carbocycles. The lowest BCUT2D eigenvalue weighted by atomic mass is 10.0. The Kier molecular flexibility index (Phi) is 6.06. The van der Waals surface area contributed by atoms with Crippen molar-refractivity contribution >= 4 is 43.5 Å². The van der Waals surface area contributed by atoms with Crippen molar-refractivity contribution in [3.05, 3.63) is 152 Å². The van der Waals surface area contributed by atoms with E-state index in [4.69, 9.17) is 19.9 Å². The first kappa shape index (κ1) is 26.1. The maximum absolute atomic E-state index is 5.21. The van der Waals surface area contributed by atoms with Gasteiger partial charge in [-0.3, -0.25) is 4.98 Å². The highest BCUT2D eigenvalue weighted by molar-refractivity contribution is 6.04. The molecule has 0 saturated heterocycles. The van der Waals surface area contributed by atoms with Gasteiger partial charge in [0, 0.05) is 39.0 Å². The van der Waals surface area contributed by atoms with Crippen LogP contribution in [-0.2, 0) is 0 Å². The maximum atomic E-state index is 5.21. The number of pyridine rings is 3. The van der Waals surface area contributed by atoms with Gasteiger partial charge in [0.25, 0.3) is 0 Å². The van der Waals surface area contributed by atoms with Gasteiger partial charge in [-0.15, -0.1) is 0 Å². The zero-order chi connectivity index (χ0) is 30.5. The average molecular weight is 588 g/mol. The van der Waals surface area contributed by atoms with Crippen LogP contribution < -0.4 is 0 Å². The average Bonchev–Trinajstić information content (AvgIpc) is 3.14. The minimum atomic E-state index is 0.709. The predicted octanol–water partition coefficient (Wildman–Crippen LogP) is 9.94. The fourth-order valence-corrected chi connectivity index (χ4v) is 6.25. The fraction of sp³-hybridized carbons (Fsp3) is 0. The lowest BCUT2D eigenvalue weighted by Gasteiger charge is -2.12. The number of benzene rings is 5. The summed E-state index contributed by atoms with van der Waals surface area (Å²) in [4.78, 5) is 25.0. The van der Waals surface area contributed by atoms with E-state index in [9.17, 15) is 0 Å². The molecule has 0 bridgehead atoms. The van der Waals surface area contributed by atoms with E-state index < -0.39 is 0 Å². The van der Waals surface area contributed by atoms with Gasteiger partial charge in [0.15, 0.2) is 5.82 Å². The number of fused-ring (bicyclic) bond motifs is 5. The molecular formula is C41H25N5. The Balaban J connectivity index is 1.20. The molecule has 4 aromatic heterocycles. The summed E-state index contributed by atoms with van der Waals surface area (Å²) in [5, 5.41) is 5.38. The van der Waals surface area contributed by atoms with Gasteiger partial charge >= 0.3 is 0 Å². The van der Waals surface area contributed by atoms with Gasteiger partial charge in [-0.1, -0.05) is 109 Å². The summed E-state index contributed by atoms with van der Waals surface area (Å²) in [5.41, 5.74) is 9.09. The quantitative estimate of drug-likeness (QED) is 0.192. The summed E-state index contributed by atoms with van der Waals surface area (Å²) < 4.78 is 0. The Bertz CT molecular complexity index is 2590. The number of nitrogens with zero attached hydrogens (tertiary/aromatic N) is 5. The molecule has 46 heavy (non-hydrogen) atoms. The topological polar surface area (TPSA) is 64.5 Å². The van der Waals surface area contributed by atoms with Gasteiger partial charge in [-0.25, -0.2) is 19.9 Å². The molecule has 0 N–H and O–H groups in total. The highest BCUT2D eigenvalue weighted by Gasteiger charge is 2.15. The van der Waals surface area contributed by atoms with Crippen molar-refractivity contribution in [3.8, 4) is 45.3 Å². The van der Waals surface area contributed by atoms with Crippen molar-refractivity contribution in [1.29, 1.82) is 0 Å². The van der Waals surface area contributed by atoms with Crippen molar-refractivity contribution in [2.75, 3.05) is 0 Å². The van der Waals surface area contributed by atoms with Gasteiger partial charge in [0.1, 0.15) is 0 Å². The van der Waals surface area contributed by atoms with Crippen molar-refractivity contribution in [2.24, 2.45) is 0 Å². The molecular weight excluding hydrogens is 562 g/mol. The lowest BCUT2D eigenvalue weighted by molar-refractivity contribution is 1.23. The Labute approximate surface area is 264 Å².